The van der Waals surface area contributed by atoms with Crippen LogP contribution in [0.3, 0.4) is 0 Å². The monoisotopic (exact) mass is 342 g/mol. The molecule has 132 valence electrons. The molecular formula is C18H22N4O3. The molecule has 1 atom stereocenters. The molecule has 2 N–H and O–H groups in total. The van der Waals surface area contributed by atoms with Crippen molar-refractivity contribution >= 4 is 22.8 Å². The fourth-order valence-corrected chi connectivity index (χ4v) is 3.10. The first-order valence-corrected chi connectivity index (χ1v) is 8.51. The summed E-state index contributed by atoms with van der Waals surface area (Å²) < 4.78 is 0. The van der Waals surface area contributed by atoms with Crippen molar-refractivity contribution in [3.63, 3.8) is 0 Å². The number of aromatic amines is 1. The lowest BCUT2D eigenvalue weighted by atomic mass is 10.2. The predicted molar refractivity (Wildman–Crippen MR) is 94.1 cm³/mol. The van der Waals surface area contributed by atoms with Crippen LogP contribution in [-0.4, -0.2) is 45.3 Å². The Balaban J connectivity index is 1.59. The Labute approximate surface area is 145 Å². The van der Waals surface area contributed by atoms with Crippen molar-refractivity contribution in [1.29, 1.82) is 0 Å². The van der Waals surface area contributed by atoms with E-state index in [4.69, 9.17) is 0 Å². The van der Waals surface area contributed by atoms with Gasteiger partial charge in [-0.05, 0) is 26.0 Å². The first-order chi connectivity index (χ1) is 11.9. The Bertz CT molecular complexity index is 859. The van der Waals surface area contributed by atoms with E-state index in [2.05, 4.69) is 15.3 Å². The van der Waals surface area contributed by atoms with E-state index in [1.54, 1.807) is 11.0 Å². The standard InChI is InChI=1S/C18H22N4O3/c1-11(2)22-10-12(9-17(22)24)19-16(23)8-7-15-18(25)21-14-6-4-3-5-13(14)20-15/h3-6,11-12H,7-10H2,1-2H3,(H,19,23)(H,21,25). The highest BCUT2D eigenvalue weighted by atomic mass is 16.2. The number of H-pyrrole nitrogens is 1. The molecule has 1 aromatic carbocycles. The minimum absolute atomic E-state index is 0.0629. The van der Waals surface area contributed by atoms with Gasteiger partial charge in [-0.1, -0.05) is 12.1 Å². The molecule has 2 aromatic rings. The molecule has 1 saturated heterocycles. The number of benzene rings is 1. The zero-order valence-electron chi connectivity index (χ0n) is 14.4. The summed E-state index contributed by atoms with van der Waals surface area (Å²) in [5, 5.41) is 2.88. The Hall–Kier alpha value is -2.70. The molecule has 3 rings (SSSR count). The summed E-state index contributed by atoms with van der Waals surface area (Å²) in [5.74, 6) is -0.106. The maximum atomic E-state index is 12.1. The lowest BCUT2D eigenvalue weighted by Gasteiger charge is -2.21. The fourth-order valence-electron chi connectivity index (χ4n) is 3.10. The van der Waals surface area contributed by atoms with Crippen LogP contribution >= 0.6 is 0 Å². The molecule has 1 fully saturated rings. The van der Waals surface area contributed by atoms with Gasteiger partial charge in [0.25, 0.3) is 5.56 Å². The second-order valence-electron chi connectivity index (χ2n) is 6.64. The van der Waals surface area contributed by atoms with Crippen LogP contribution in [0.15, 0.2) is 29.1 Å². The van der Waals surface area contributed by atoms with Crippen LogP contribution in [0.2, 0.25) is 0 Å². The van der Waals surface area contributed by atoms with Crippen molar-refractivity contribution in [2.24, 2.45) is 0 Å². The molecule has 1 unspecified atom stereocenters. The highest BCUT2D eigenvalue weighted by Gasteiger charge is 2.31. The number of nitrogens with one attached hydrogen (secondary N) is 2. The van der Waals surface area contributed by atoms with E-state index in [1.165, 1.54) is 0 Å². The summed E-state index contributed by atoms with van der Waals surface area (Å²) >= 11 is 0. The summed E-state index contributed by atoms with van der Waals surface area (Å²) in [6.07, 6.45) is 0.764. The molecule has 1 aromatic heterocycles. The average Bonchev–Trinajstić information content (AvgIpc) is 2.93. The molecule has 7 nitrogen and oxygen atoms in total. The summed E-state index contributed by atoms with van der Waals surface area (Å²) in [4.78, 5) is 45.0. The Morgan fingerprint density at radius 3 is 2.84 bits per heavy atom. The van der Waals surface area contributed by atoms with Gasteiger partial charge < -0.3 is 15.2 Å². The largest absolute Gasteiger partial charge is 0.351 e. The van der Waals surface area contributed by atoms with Crippen molar-refractivity contribution in [1.82, 2.24) is 20.2 Å². The molecule has 25 heavy (non-hydrogen) atoms. The topological polar surface area (TPSA) is 95.2 Å². The lowest BCUT2D eigenvalue weighted by molar-refractivity contribution is -0.129. The van der Waals surface area contributed by atoms with Gasteiger partial charge in [0, 0.05) is 31.8 Å². The van der Waals surface area contributed by atoms with E-state index in [0.29, 0.717) is 29.7 Å². The zero-order valence-corrected chi connectivity index (χ0v) is 14.4. The van der Waals surface area contributed by atoms with Gasteiger partial charge in [-0.2, -0.15) is 0 Å². The number of hydrogen-bond acceptors (Lipinski definition) is 4. The van der Waals surface area contributed by atoms with Crippen molar-refractivity contribution in [3.05, 3.63) is 40.3 Å². The smallest absolute Gasteiger partial charge is 0.270 e. The van der Waals surface area contributed by atoms with Crippen molar-refractivity contribution in [2.45, 2.75) is 45.2 Å². The minimum atomic E-state index is -0.270. The van der Waals surface area contributed by atoms with Gasteiger partial charge in [-0.25, -0.2) is 4.98 Å². The maximum absolute atomic E-state index is 12.1. The van der Waals surface area contributed by atoms with Crippen molar-refractivity contribution in [2.75, 3.05) is 6.54 Å². The van der Waals surface area contributed by atoms with Gasteiger partial charge in [0.05, 0.1) is 17.1 Å². The Morgan fingerprint density at radius 1 is 1.36 bits per heavy atom. The molecule has 1 aliphatic rings. The zero-order chi connectivity index (χ0) is 18.0. The molecule has 1 aliphatic heterocycles. The van der Waals surface area contributed by atoms with Gasteiger partial charge >= 0.3 is 0 Å². The van der Waals surface area contributed by atoms with E-state index in [9.17, 15) is 14.4 Å². The number of fused-ring (bicyclic) bond motifs is 1. The second kappa shape index (κ2) is 7.04. The number of hydrogen-bond donors (Lipinski definition) is 2. The Morgan fingerprint density at radius 2 is 2.12 bits per heavy atom. The number of nitrogens with zero attached hydrogens (tertiary/aromatic N) is 2. The summed E-state index contributed by atoms with van der Waals surface area (Å²) in [6, 6.07) is 7.26. The van der Waals surface area contributed by atoms with Crippen molar-refractivity contribution in [3.8, 4) is 0 Å². The molecule has 0 saturated carbocycles. The molecule has 0 radical (unpaired) electrons. The van der Waals surface area contributed by atoms with E-state index in [0.717, 1.165) is 0 Å². The van der Waals surface area contributed by atoms with E-state index in [-0.39, 0.29) is 42.3 Å². The first kappa shape index (κ1) is 17.1. The van der Waals surface area contributed by atoms with Gasteiger partial charge in [0.1, 0.15) is 5.69 Å². The van der Waals surface area contributed by atoms with Crippen LogP contribution in [0.25, 0.3) is 11.0 Å². The Kier molecular flexibility index (Phi) is 4.83. The van der Waals surface area contributed by atoms with Gasteiger partial charge in [0.15, 0.2) is 0 Å². The highest BCUT2D eigenvalue weighted by molar-refractivity contribution is 5.82. The van der Waals surface area contributed by atoms with Gasteiger partial charge in [0.2, 0.25) is 11.8 Å². The molecule has 0 spiro atoms. The van der Waals surface area contributed by atoms with Crippen LogP contribution in [0.5, 0.6) is 0 Å². The van der Waals surface area contributed by atoms with E-state index < -0.39 is 0 Å². The minimum Gasteiger partial charge on any atom is -0.351 e. The number of likely N-dealkylation sites (tertiary alicyclic amines) is 1. The van der Waals surface area contributed by atoms with Gasteiger partial charge in [-0.15, -0.1) is 0 Å². The maximum Gasteiger partial charge on any atom is 0.270 e. The van der Waals surface area contributed by atoms with Crippen LogP contribution in [0.4, 0.5) is 0 Å². The number of carbonyl (C=O) groups is 2. The SMILES string of the molecule is CC(C)N1CC(NC(=O)CCc2nc3ccccc3[nH]c2=O)CC1=O. The lowest BCUT2D eigenvalue weighted by Crippen LogP contribution is -2.39. The number of carbonyl (C=O) groups excluding carboxylic acids is 2. The van der Waals surface area contributed by atoms with Gasteiger partial charge in [-0.3, -0.25) is 14.4 Å². The van der Waals surface area contributed by atoms with Crippen LogP contribution in [-0.2, 0) is 16.0 Å². The average molecular weight is 342 g/mol. The predicted octanol–water partition coefficient (Wildman–Crippen LogP) is 0.981. The molecule has 7 heteroatoms. The molecule has 2 heterocycles. The summed E-state index contributed by atoms with van der Waals surface area (Å²) in [7, 11) is 0. The third-order valence-corrected chi connectivity index (χ3v) is 4.41. The van der Waals surface area contributed by atoms with Crippen LogP contribution in [0.1, 0.15) is 32.4 Å². The third-order valence-electron chi connectivity index (χ3n) is 4.41. The molecular weight excluding hydrogens is 320 g/mol. The number of para-hydroxylation sites is 2. The van der Waals surface area contributed by atoms with Crippen molar-refractivity contribution < 1.29 is 9.59 Å². The molecule has 0 bridgehead atoms. The molecule has 2 amide bonds. The fraction of sp³-hybridized carbons (Fsp3) is 0.444. The van der Waals surface area contributed by atoms with E-state index in [1.807, 2.05) is 32.0 Å². The first-order valence-electron chi connectivity index (χ1n) is 8.51. The summed E-state index contributed by atoms with van der Waals surface area (Å²) in [5.41, 5.74) is 1.46. The number of amides is 2. The van der Waals surface area contributed by atoms with E-state index >= 15 is 0 Å². The quantitative estimate of drug-likeness (QED) is 0.847. The molecule has 0 aliphatic carbocycles. The summed E-state index contributed by atoms with van der Waals surface area (Å²) in [6.45, 7) is 4.45. The number of aromatic nitrogens is 2. The normalized spacial score (nSPS) is 17.5. The second-order valence-corrected chi connectivity index (χ2v) is 6.64. The van der Waals surface area contributed by atoms with Crippen LogP contribution in [0, 0.1) is 0 Å². The highest BCUT2D eigenvalue weighted by Crippen LogP contribution is 2.14. The van der Waals surface area contributed by atoms with Crippen LogP contribution < -0.4 is 10.9 Å². The third kappa shape index (κ3) is 3.87. The number of aryl methyl sites for hydroxylation is 1. The number of rotatable bonds is 5.